The van der Waals surface area contributed by atoms with Gasteiger partial charge in [-0.1, -0.05) is 42.5 Å². The lowest BCUT2D eigenvalue weighted by Crippen LogP contribution is -2.09. The Morgan fingerprint density at radius 2 is 1.94 bits per heavy atom. The Morgan fingerprint density at radius 3 is 2.67 bits per heavy atom. The summed E-state index contributed by atoms with van der Waals surface area (Å²) in [6, 6.07) is 7.46. The molecule has 0 aliphatic heterocycles. The molecule has 92 valence electrons. The van der Waals surface area contributed by atoms with Gasteiger partial charge in [0, 0.05) is 0 Å². The Bertz CT molecular complexity index is 507. The maximum atomic E-state index is 10.4. The van der Waals surface area contributed by atoms with Crippen molar-refractivity contribution < 1.29 is 14.6 Å². The molecule has 1 N–H and O–H groups in total. The van der Waals surface area contributed by atoms with Gasteiger partial charge in [0.2, 0.25) is 0 Å². The first-order valence-electron chi connectivity index (χ1n) is 5.73. The lowest BCUT2D eigenvalue weighted by Gasteiger charge is -2.06. The van der Waals surface area contributed by atoms with Crippen LogP contribution in [0, 0.1) is 0 Å². The second kappa shape index (κ2) is 5.87. The molecule has 0 fully saturated rings. The molecule has 3 nitrogen and oxygen atoms in total. The van der Waals surface area contributed by atoms with E-state index in [0.717, 1.165) is 12.0 Å². The summed E-state index contributed by atoms with van der Waals surface area (Å²) in [6.07, 6.45) is 11.1. The van der Waals surface area contributed by atoms with Crippen LogP contribution in [0.3, 0.4) is 0 Å². The van der Waals surface area contributed by atoms with Gasteiger partial charge in [0.15, 0.2) is 6.61 Å². The van der Waals surface area contributed by atoms with E-state index in [1.165, 1.54) is 5.57 Å². The Balaban J connectivity index is 2.07. The zero-order valence-electron chi connectivity index (χ0n) is 9.87. The second-order valence-electron chi connectivity index (χ2n) is 3.92. The lowest BCUT2D eigenvalue weighted by atomic mass is 10.0. The highest BCUT2D eigenvalue weighted by molar-refractivity contribution is 5.70. The summed E-state index contributed by atoms with van der Waals surface area (Å²) in [5.74, 6) is -0.401. The average molecular weight is 242 g/mol. The van der Waals surface area contributed by atoms with Crippen molar-refractivity contribution in [1.29, 1.82) is 0 Å². The summed E-state index contributed by atoms with van der Waals surface area (Å²) >= 11 is 0. The number of hydrogen-bond donors (Lipinski definition) is 1. The number of hydrogen-bond acceptors (Lipinski definition) is 2. The molecule has 0 radical (unpaired) electrons. The highest BCUT2D eigenvalue weighted by atomic mass is 16.5. The van der Waals surface area contributed by atoms with Gasteiger partial charge in [-0.15, -0.1) is 0 Å². The highest BCUT2D eigenvalue weighted by Crippen LogP contribution is 2.23. The minimum absolute atomic E-state index is 0.312. The van der Waals surface area contributed by atoms with Crippen molar-refractivity contribution >= 4 is 11.5 Å². The number of aliphatic carboxylic acids is 1. The largest absolute Gasteiger partial charge is 0.482 e. The van der Waals surface area contributed by atoms with Crippen LogP contribution in [-0.4, -0.2) is 17.7 Å². The molecular formula is C15H14O3. The summed E-state index contributed by atoms with van der Waals surface area (Å²) in [5.41, 5.74) is 2.35. The Hall–Kier alpha value is -2.29. The van der Waals surface area contributed by atoms with Gasteiger partial charge in [-0.3, -0.25) is 0 Å². The third kappa shape index (κ3) is 3.35. The number of carboxylic acid groups (broad SMARTS) is 1. The van der Waals surface area contributed by atoms with Gasteiger partial charge >= 0.3 is 5.97 Å². The van der Waals surface area contributed by atoms with Crippen molar-refractivity contribution in [2.75, 3.05) is 6.61 Å². The Morgan fingerprint density at radius 1 is 1.17 bits per heavy atom. The normalized spacial score (nSPS) is 13.9. The standard InChI is InChI=1S/C15H14O3/c16-15(17)11-18-14-9-7-13(8-10-14)12-5-3-1-2-4-6-12/h1-5,7-10H,6,11H2,(H,16,17). The van der Waals surface area contributed by atoms with Gasteiger partial charge < -0.3 is 9.84 Å². The van der Waals surface area contributed by atoms with Gasteiger partial charge in [-0.25, -0.2) is 4.79 Å². The zero-order valence-corrected chi connectivity index (χ0v) is 9.87. The second-order valence-corrected chi connectivity index (χ2v) is 3.92. The molecule has 1 aromatic rings. The number of carboxylic acids is 1. The van der Waals surface area contributed by atoms with Gasteiger partial charge in [0.1, 0.15) is 5.75 Å². The first kappa shape index (κ1) is 12.2. The molecule has 0 spiro atoms. The predicted octanol–water partition coefficient (Wildman–Crippen LogP) is 3.05. The van der Waals surface area contributed by atoms with E-state index in [1.54, 1.807) is 12.1 Å². The number of allylic oxidation sites excluding steroid dienone is 6. The summed E-state index contributed by atoms with van der Waals surface area (Å²) in [7, 11) is 0. The zero-order chi connectivity index (χ0) is 12.8. The molecule has 18 heavy (non-hydrogen) atoms. The fraction of sp³-hybridized carbons (Fsp3) is 0.133. The van der Waals surface area contributed by atoms with E-state index < -0.39 is 5.97 Å². The maximum Gasteiger partial charge on any atom is 0.341 e. The van der Waals surface area contributed by atoms with Crippen LogP contribution in [-0.2, 0) is 4.79 Å². The SMILES string of the molecule is O=C(O)COc1ccc(C2=CC=CC=CC2)cc1. The van der Waals surface area contributed by atoms with Crippen molar-refractivity contribution in [1.82, 2.24) is 0 Å². The fourth-order valence-electron chi connectivity index (χ4n) is 1.70. The molecule has 0 saturated carbocycles. The lowest BCUT2D eigenvalue weighted by molar-refractivity contribution is -0.139. The van der Waals surface area contributed by atoms with E-state index in [4.69, 9.17) is 9.84 Å². The van der Waals surface area contributed by atoms with Gasteiger partial charge in [-0.2, -0.15) is 0 Å². The van der Waals surface area contributed by atoms with E-state index in [1.807, 2.05) is 30.4 Å². The number of rotatable bonds is 4. The predicted molar refractivity (Wildman–Crippen MR) is 70.4 cm³/mol. The number of carbonyl (C=O) groups is 1. The molecule has 1 aliphatic rings. The van der Waals surface area contributed by atoms with Crippen LogP contribution in [0.25, 0.3) is 5.57 Å². The van der Waals surface area contributed by atoms with Crippen LogP contribution in [0.5, 0.6) is 5.75 Å². The van der Waals surface area contributed by atoms with Crippen molar-refractivity contribution in [2.45, 2.75) is 6.42 Å². The molecule has 0 aromatic heterocycles. The topological polar surface area (TPSA) is 46.5 Å². The molecule has 2 rings (SSSR count). The molecule has 0 unspecified atom stereocenters. The summed E-state index contributed by atoms with van der Waals surface area (Å²) in [6.45, 7) is -0.312. The molecule has 1 aromatic carbocycles. The van der Waals surface area contributed by atoms with Gasteiger partial charge in [-0.05, 0) is 29.7 Å². The van der Waals surface area contributed by atoms with E-state index in [9.17, 15) is 4.79 Å². The first-order chi connectivity index (χ1) is 8.75. The maximum absolute atomic E-state index is 10.4. The van der Waals surface area contributed by atoms with Crippen LogP contribution in [0.2, 0.25) is 0 Å². The Kier molecular flexibility index (Phi) is 3.97. The summed E-state index contributed by atoms with van der Waals surface area (Å²) in [5, 5.41) is 8.52. The van der Waals surface area contributed by atoms with E-state index >= 15 is 0 Å². The van der Waals surface area contributed by atoms with E-state index in [0.29, 0.717) is 5.75 Å². The van der Waals surface area contributed by atoms with Gasteiger partial charge in [0.25, 0.3) is 0 Å². The molecule has 0 bridgehead atoms. The quantitative estimate of drug-likeness (QED) is 0.882. The summed E-state index contributed by atoms with van der Waals surface area (Å²) in [4.78, 5) is 10.4. The number of benzene rings is 1. The van der Waals surface area contributed by atoms with E-state index in [-0.39, 0.29) is 6.61 Å². The monoisotopic (exact) mass is 242 g/mol. The third-order valence-corrected chi connectivity index (χ3v) is 2.58. The molecular weight excluding hydrogens is 228 g/mol. The van der Waals surface area contributed by atoms with Crippen LogP contribution in [0.1, 0.15) is 12.0 Å². The van der Waals surface area contributed by atoms with Crippen LogP contribution < -0.4 is 4.74 Å². The van der Waals surface area contributed by atoms with Crippen molar-refractivity contribution in [3.8, 4) is 5.75 Å². The fourth-order valence-corrected chi connectivity index (χ4v) is 1.70. The minimum atomic E-state index is -0.971. The molecule has 0 atom stereocenters. The van der Waals surface area contributed by atoms with Crippen molar-refractivity contribution in [3.05, 3.63) is 60.2 Å². The van der Waals surface area contributed by atoms with Crippen LogP contribution in [0.4, 0.5) is 0 Å². The first-order valence-corrected chi connectivity index (χ1v) is 5.73. The molecule has 0 saturated heterocycles. The minimum Gasteiger partial charge on any atom is -0.482 e. The molecule has 3 heteroatoms. The van der Waals surface area contributed by atoms with Crippen LogP contribution >= 0.6 is 0 Å². The van der Waals surface area contributed by atoms with E-state index in [2.05, 4.69) is 12.2 Å². The van der Waals surface area contributed by atoms with Crippen LogP contribution in [0.15, 0.2) is 54.6 Å². The average Bonchev–Trinajstić information content (AvgIpc) is 2.66. The molecule has 0 heterocycles. The molecule has 0 amide bonds. The van der Waals surface area contributed by atoms with Gasteiger partial charge in [0.05, 0.1) is 0 Å². The molecule has 1 aliphatic carbocycles. The Labute approximate surface area is 106 Å². The van der Waals surface area contributed by atoms with Crippen molar-refractivity contribution in [3.63, 3.8) is 0 Å². The smallest absolute Gasteiger partial charge is 0.341 e. The summed E-state index contributed by atoms with van der Waals surface area (Å²) < 4.78 is 5.09. The highest BCUT2D eigenvalue weighted by Gasteiger charge is 2.02. The number of ether oxygens (including phenoxy) is 1. The van der Waals surface area contributed by atoms with Crippen molar-refractivity contribution in [2.24, 2.45) is 0 Å². The third-order valence-electron chi connectivity index (χ3n) is 2.58.